The van der Waals surface area contributed by atoms with Crippen LogP contribution in [0.1, 0.15) is 16.1 Å². The zero-order valence-corrected chi connectivity index (χ0v) is 11.9. The summed E-state index contributed by atoms with van der Waals surface area (Å²) in [7, 11) is 3.81. The van der Waals surface area contributed by atoms with Crippen LogP contribution in [0, 0.1) is 6.92 Å². The third kappa shape index (κ3) is 3.03. The number of aromatic nitrogens is 1. The van der Waals surface area contributed by atoms with Crippen molar-refractivity contribution >= 4 is 33.8 Å². The molecule has 19 heavy (non-hydrogen) atoms. The van der Waals surface area contributed by atoms with Gasteiger partial charge in [-0.3, -0.25) is 10.1 Å². The molecule has 0 aliphatic carbocycles. The first-order chi connectivity index (χ1) is 8.97. The Hall–Kier alpha value is -2.08. The highest BCUT2D eigenvalue weighted by Gasteiger charge is 2.10. The van der Waals surface area contributed by atoms with Gasteiger partial charge in [0.1, 0.15) is 0 Å². The number of carbonyl (C=O) groups excluding carboxylic acids is 1. The molecule has 0 saturated carbocycles. The van der Waals surface area contributed by atoms with Crippen LogP contribution in [0.4, 0.5) is 16.5 Å². The topological polar surface area (TPSA) is 71.2 Å². The van der Waals surface area contributed by atoms with Gasteiger partial charge in [0.2, 0.25) is 0 Å². The van der Waals surface area contributed by atoms with Gasteiger partial charge >= 0.3 is 0 Å². The second-order valence-electron chi connectivity index (χ2n) is 4.42. The van der Waals surface area contributed by atoms with Crippen LogP contribution >= 0.6 is 11.3 Å². The molecule has 0 fully saturated rings. The zero-order valence-electron chi connectivity index (χ0n) is 11.1. The minimum Gasteiger partial charge on any atom is -0.397 e. The highest BCUT2D eigenvalue weighted by molar-refractivity contribution is 7.13. The van der Waals surface area contributed by atoms with E-state index in [1.165, 1.54) is 11.3 Å². The lowest BCUT2D eigenvalue weighted by Crippen LogP contribution is -2.14. The Bertz CT molecular complexity index is 606. The van der Waals surface area contributed by atoms with Gasteiger partial charge in [-0.05, 0) is 25.1 Å². The van der Waals surface area contributed by atoms with Gasteiger partial charge in [-0.2, -0.15) is 0 Å². The van der Waals surface area contributed by atoms with Crippen LogP contribution in [0.2, 0.25) is 0 Å². The predicted molar refractivity (Wildman–Crippen MR) is 80.0 cm³/mol. The minimum absolute atomic E-state index is 0.202. The molecule has 0 aliphatic heterocycles. The van der Waals surface area contributed by atoms with Crippen LogP contribution in [0.5, 0.6) is 0 Å². The van der Waals surface area contributed by atoms with Crippen molar-refractivity contribution in [3.8, 4) is 0 Å². The van der Waals surface area contributed by atoms with Gasteiger partial charge < -0.3 is 10.6 Å². The van der Waals surface area contributed by atoms with E-state index in [2.05, 4.69) is 10.3 Å². The third-order valence-electron chi connectivity index (χ3n) is 2.61. The van der Waals surface area contributed by atoms with E-state index in [1.54, 1.807) is 12.1 Å². The summed E-state index contributed by atoms with van der Waals surface area (Å²) in [6.07, 6.45) is 0. The summed E-state index contributed by atoms with van der Waals surface area (Å²) in [5.74, 6) is -0.202. The molecule has 5 nitrogen and oxygen atoms in total. The number of hydrogen-bond acceptors (Lipinski definition) is 5. The first kappa shape index (κ1) is 13.4. The predicted octanol–water partition coefficient (Wildman–Crippen LogP) is 2.35. The normalized spacial score (nSPS) is 10.3. The van der Waals surface area contributed by atoms with Crippen molar-refractivity contribution in [2.45, 2.75) is 6.92 Å². The van der Waals surface area contributed by atoms with E-state index in [4.69, 9.17) is 5.73 Å². The van der Waals surface area contributed by atoms with Gasteiger partial charge in [-0.1, -0.05) is 0 Å². The molecule has 1 aromatic heterocycles. The number of aryl methyl sites for hydroxylation is 1. The van der Waals surface area contributed by atoms with Crippen LogP contribution in [0.15, 0.2) is 23.6 Å². The van der Waals surface area contributed by atoms with Crippen molar-refractivity contribution < 1.29 is 4.79 Å². The van der Waals surface area contributed by atoms with E-state index < -0.39 is 0 Å². The molecule has 1 heterocycles. The van der Waals surface area contributed by atoms with E-state index >= 15 is 0 Å². The molecule has 1 aromatic carbocycles. The lowest BCUT2D eigenvalue weighted by atomic mass is 10.1. The summed E-state index contributed by atoms with van der Waals surface area (Å²) < 4.78 is 0. The van der Waals surface area contributed by atoms with Gasteiger partial charge in [0, 0.05) is 25.0 Å². The molecule has 0 radical (unpaired) electrons. The van der Waals surface area contributed by atoms with Crippen molar-refractivity contribution in [2.24, 2.45) is 0 Å². The molecule has 3 N–H and O–H groups in total. The number of rotatable bonds is 3. The molecular weight excluding hydrogens is 260 g/mol. The molecule has 100 valence electrons. The third-order valence-corrected chi connectivity index (χ3v) is 3.49. The molecule has 0 aliphatic rings. The summed E-state index contributed by atoms with van der Waals surface area (Å²) in [6.45, 7) is 1.88. The van der Waals surface area contributed by atoms with E-state index in [1.807, 2.05) is 37.4 Å². The Kier molecular flexibility index (Phi) is 3.71. The fourth-order valence-corrected chi connectivity index (χ4v) is 2.37. The van der Waals surface area contributed by atoms with E-state index in [0.29, 0.717) is 16.4 Å². The van der Waals surface area contributed by atoms with Crippen molar-refractivity contribution in [3.63, 3.8) is 0 Å². The Morgan fingerprint density at radius 2 is 2.16 bits per heavy atom. The highest BCUT2D eigenvalue weighted by Crippen LogP contribution is 2.23. The molecule has 6 heteroatoms. The van der Waals surface area contributed by atoms with Crippen LogP contribution < -0.4 is 16.0 Å². The monoisotopic (exact) mass is 276 g/mol. The van der Waals surface area contributed by atoms with Gasteiger partial charge in [-0.15, -0.1) is 11.3 Å². The molecule has 0 bridgehead atoms. The Morgan fingerprint density at radius 3 is 2.68 bits per heavy atom. The summed E-state index contributed by atoms with van der Waals surface area (Å²) >= 11 is 1.40. The SMILES string of the molecule is Cc1csc(NC(=O)c2ccc(N(C)C)c(N)c2)n1. The summed E-state index contributed by atoms with van der Waals surface area (Å²) in [5, 5.41) is 5.24. The number of hydrogen-bond donors (Lipinski definition) is 2. The first-order valence-corrected chi connectivity index (χ1v) is 6.65. The number of nitrogen functional groups attached to an aromatic ring is 1. The summed E-state index contributed by atoms with van der Waals surface area (Å²) in [6, 6.07) is 5.25. The van der Waals surface area contributed by atoms with Crippen molar-refractivity contribution in [1.29, 1.82) is 0 Å². The number of carbonyl (C=O) groups is 1. The van der Waals surface area contributed by atoms with E-state index in [0.717, 1.165) is 11.4 Å². The van der Waals surface area contributed by atoms with Crippen LogP contribution in [0.3, 0.4) is 0 Å². The average molecular weight is 276 g/mol. The lowest BCUT2D eigenvalue weighted by Gasteiger charge is -2.15. The maximum atomic E-state index is 12.0. The second-order valence-corrected chi connectivity index (χ2v) is 5.27. The van der Waals surface area contributed by atoms with Crippen LogP contribution in [0.25, 0.3) is 0 Å². The van der Waals surface area contributed by atoms with E-state index in [9.17, 15) is 4.79 Å². The molecule has 0 spiro atoms. The molecular formula is C13H16N4OS. The molecule has 2 rings (SSSR count). The maximum Gasteiger partial charge on any atom is 0.257 e. The van der Waals surface area contributed by atoms with Crippen molar-refractivity contribution in [2.75, 3.05) is 30.0 Å². The number of amides is 1. The highest BCUT2D eigenvalue weighted by atomic mass is 32.1. The van der Waals surface area contributed by atoms with Crippen molar-refractivity contribution in [3.05, 3.63) is 34.8 Å². The molecule has 2 aromatic rings. The van der Waals surface area contributed by atoms with Crippen molar-refractivity contribution in [1.82, 2.24) is 4.98 Å². The Morgan fingerprint density at radius 1 is 1.42 bits per heavy atom. The Labute approximate surface area is 116 Å². The lowest BCUT2D eigenvalue weighted by molar-refractivity contribution is 0.102. The largest absolute Gasteiger partial charge is 0.397 e. The number of nitrogens with zero attached hydrogens (tertiary/aromatic N) is 2. The quantitative estimate of drug-likeness (QED) is 0.844. The van der Waals surface area contributed by atoms with Gasteiger partial charge in [0.05, 0.1) is 17.1 Å². The van der Waals surface area contributed by atoms with Gasteiger partial charge in [0.15, 0.2) is 5.13 Å². The minimum atomic E-state index is -0.202. The number of anilines is 3. The molecule has 1 amide bonds. The fourth-order valence-electron chi connectivity index (χ4n) is 1.68. The van der Waals surface area contributed by atoms with Gasteiger partial charge in [0.25, 0.3) is 5.91 Å². The first-order valence-electron chi connectivity index (χ1n) is 5.77. The standard InChI is InChI=1S/C13H16N4OS/c1-8-7-19-13(15-8)16-12(18)9-4-5-11(17(2)3)10(14)6-9/h4-7H,14H2,1-3H3,(H,15,16,18). The Balaban J connectivity index is 2.18. The van der Waals surface area contributed by atoms with E-state index in [-0.39, 0.29) is 5.91 Å². The van der Waals surface area contributed by atoms with Crippen LogP contribution in [-0.4, -0.2) is 25.0 Å². The van der Waals surface area contributed by atoms with Gasteiger partial charge in [-0.25, -0.2) is 4.98 Å². The molecule has 0 saturated heterocycles. The number of nitrogens with two attached hydrogens (primary N) is 1. The fraction of sp³-hybridized carbons (Fsp3) is 0.231. The molecule has 0 atom stereocenters. The smallest absolute Gasteiger partial charge is 0.257 e. The zero-order chi connectivity index (χ0) is 14.0. The summed E-state index contributed by atoms with van der Waals surface area (Å²) in [4.78, 5) is 18.1. The number of nitrogens with one attached hydrogen (secondary N) is 1. The second kappa shape index (κ2) is 5.27. The number of benzene rings is 1. The maximum absolute atomic E-state index is 12.0. The van der Waals surface area contributed by atoms with Crippen LogP contribution in [-0.2, 0) is 0 Å². The molecule has 0 unspecified atom stereocenters. The average Bonchev–Trinajstić information content (AvgIpc) is 2.74. The number of thiazole rings is 1. The summed E-state index contributed by atoms with van der Waals surface area (Å²) in [5.41, 5.74) is 8.81.